The molecule has 0 saturated carbocycles. The first-order valence-electron chi connectivity index (χ1n) is 10.0. The average molecular weight is 388 g/mol. The quantitative estimate of drug-likeness (QED) is 0.747. The van der Waals surface area contributed by atoms with Gasteiger partial charge in [-0.3, -0.25) is 9.69 Å². The summed E-state index contributed by atoms with van der Waals surface area (Å²) in [7, 11) is 0. The lowest BCUT2D eigenvalue weighted by Crippen LogP contribution is -2.48. The van der Waals surface area contributed by atoms with Gasteiger partial charge in [0.1, 0.15) is 5.82 Å². The number of hydrogen-bond donors (Lipinski definition) is 1. The molecule has 0 aliphatic carbocycles. The first-order valence-corrected chi connectivity index (χ1v) is 10.0. The zero-order valence-electron chi connectivity index (χ0n) is 16.6. The van der Waals surface area contributed by atoms with Gasteiger partial charge >= 0.3 is 0 Å². The van der Waals surface area contributed by atoms with E-state index in [4.69, 9.17) is 0 Å². The van der Waals surface area contributed by atoms with Gasteiger partial charge in [0, 0.05) is 39.3 Å². The van der Waals surface area contributed by atoms with Gasteiger partial charge in [-0.15, -0.1) is 5.10 Å². The maximum atomic E-state index is 13.2. The molecule has 2 aromatic rings. The van der Waals surface area contributed by atoms with Crippen LogP contribution in [0.1, 0.15) is 42.4 Å². The minimum atomic E-state index is -0.270. The molecule has 1 N–H and O–H groups in total. The van der Waals surface area contributed by atoms with Gasteiger partial charge in [0.2, 0.25) is 0 Å². The van der Waals surface area contributed by atoms with Crippen LogP contribution in [0, 0.1) is 5.82 Å². The number of carbonyl (C=O) groups is 1. The minimum absolute atomic E-state index is 0.0792. The molecular formula is C20H29FN6O. The van der Waals surface area contributed by atoms with E-state index in [-0.39, 0.29) is 17.8 Å². The molecule has 8 heteroatoms. The molecule has 1 aromatic carbocycles. The van der Waals surface area contributed by atoms with E-state index in [2.05, 4.69) is 32.4 Å². The van der Waals surface area contributed by atoms with Crippen molar-refractivity contribution in [1.82, 2.24) is 30.1 Å². The standard InChI is InChI=1S/C20H29FN6O/c1-3-19(16-5-7-17(21)8-6-16)27-15-18(23-24-27)20(28)22-9-10-26-13-11-25(4-2)12-14-26/h5-8,15,19H,3-4,9-14H2,1-2H3,(H,22,28)/t19-/m0/s1. The van der Waals surface area contributed by atoms with Gasteiger partial charge < -0.3 is 10.2 Å². The number of aromatic nitrogens is 3. The van der Waals surface area contributed by atoms with Crippen LogP contribution in [0.2, 0.25) is 0 Å². The van der Waals surface area contributed by atoms with Gasteiger partial charge in [-0.25, -0.2) is 9.07 Å². The van der Waals surface area contributed by atoms with Crippen molar-refractivity contribution in [1.29, 1.82) is 0 Å². The number of nitrogens with one attached hydrogen (secondary N) is 1. The smallest absolute Gasteiger partial charge is 0.273 e. The summed E-state index contributed by atoms with van der Waals surface area (Å²) >= 11 is 0. The van der Waals surface area contributed by atoms with E-state index in [1.54, 1.807) is 23.0 Å². The maximum absolute atomic E-state index is 13.2. The molecule has 0 unspecified atom stereocenters. The molecule has 3 rings (SSSR count). The Labute approximate surface area is 165 Å². The van der Waals surface area contributed by atoms with Crippen LogP contribution >= 0.6 is 0 Å². The number of rotatable bonds is 8. The van der Waals surface area contributed by atoms with Crippen molar-refractivity contribution in [2.24, 2.45) is 0 Å². The van der Waals surface area contributed by atoms with Crippen molar-refractivity contribution in [2.45, 2.75) is 26.3 Å². The third-order valence-corrected chi connectivity index (χ3v) is 5.33. The van der Waals surface area contributed by atoms with Gasteiger partial charge in [0.15, 0.2) is 5.69 Å². The number of nitrogens with zero attached hydrogens (tertiary/aromatic N) is 5. The van der Waals surface area contributed by atoms with Crippen LogP contribution in [-0.2, 0) is 0 Å². The number of hydrogen-bond acceptors (Lipinski definition) is 5. The second-order valence-corrected chi connectivity index (χ2v) is 7.09. The molecule has 152 valence electrons. The van der Waals surface area contributed by atoms with Crippen LogP contribution in [0.25, 0.3) is 0 Å². The highest BCUT2D eigenvalue weighted by atomic mass is 19.1. The van der Waals surface area contributed by atoms with Crippen LogP contribution < -0.4 is 5.32 Å². The van der Waals surface area contributed by atoms with E-state index < -0.39 is 0 Å². The first kappa shape index (κ1) is 20.4. The molecule has 2 heterocycles. The van der Waals surface area contributed by atoms with Crippen LogP contribution in [-0.4, -0.2) is 76.5 Å². The molecule has 0 spiro atoms. The van der Waals surface area contributed by atoms with Crippen LogP contribution in [0.15, 0.2) is 30.5 Å². The highest BCUT2D eigenvalue weighted by Gasteiger charge is 2.18. The van der Waals surface area contributed by atoms with Gasteiger partial charge in [-0.1, -0.05) is 31.2 Å². The Balaban J connectivity index is 1.51. The summed E-state index contributed by atoms with van der Waals surface area (Å²) in [6.45, 7) is 11.0. The SMILES string of the molecule is CC[C@@H](c1ccc(F)cc1)n1cc(C(=O)NCCN2CCN(CC)CC2)nn1. The molecule has 1 atom stereocenters. The van der Waals surface area contributed by atoms with E-state index in [9.17, 15) is 9.18 Å². The van der Waals surface area contributed by atoms with E-state index in [0.717, 1.165) is 51.3 Å². The van der Waals surface area contributed by atoms with Crippen molar-refractivity contribution < 1.29 is 9.18 Å². The van der Waals surface area contributed by atoms with E-state index in [1.807, 2.05) is 6.92 Å². The topological polar surface area (TPSA) is 66.3 Å². The molecule has 1 saturated heterocycles. The molecule has 1 aromatic heterocycles. The fourth-order valence-electron chi connectivity index (χ4n) is 3.54. The molecule has 1 aliphatic rings. The van der Waals surface area contributed by atoms with Crippen molar-refractivity contribution in [3.8, 4) is 0 Å². The van der Waals surface area contributed by atoms with Gasteiger partial charge in [0.25, 0.3) is 5.91 Å². The lowest BCUT2D eigenvalue weighted by atomic mass is 10.0. The first-order chi connectivity index (χ1) is 13.6. The number of benzene rings is 1. The Kier molecular flexibility index (Phi) is 7.11. The summed E-state index contributed by atoms with van der Waals surface area (Å²) in [5.74, 6) is -0.485. The Morgan fingerprint density at radius 3 is 2.46 bits per heavy atom. The fourth-order valence-corrected chi connectivity index (χ4v) is 3.54. The van der Waals surface area contributed by atoms with Crippen molar-refractivity contribution in [3.05, 3.63) is 47.5 Å². The zero-order valence-corrected chi connectivity index (χ0v) is 16.6. The molecule has 7 nitrogen and oxygen atoms in total. The van der Waals surface area contributed by atoms with Crippen molar-refractivity contribution in [2.75, 3.05) is 45.8 Å². The molecule has 28 heavy (non-hydrogen) atoms. The second kappa shape index (κ2) is 9.75. The lowest BCUT2D eigenvalue weighted by Gasteiger charge is -2.33. The number of halogens is 1. The number of carbonyl (C=O) groups excluding carboxylic acids is 1. The summed E-state index contributed by atoms with van der Waals surface area (Å²) in [6, 6.07) is 6.27. The predicted octanol–water partition coefficient (Wildman–Crippen LogP) is 1.78. The number of amides is 1. The zero-order chi connectivity index (χ0) is 19.9. The number of piperazine rings is 1. The number of likely N-dealkylation sites (N-methyl/N-ethyl adjacent to an activating group) is 1. The summed E-state index contributed by atoms with van der Waals surface area (Å²) in [5, 5.41) is 11.1. The summed E-state index contributed by atoms with van der Waals surface area (Å²) < 4.78 is 14.8. The van der Waals surface area contributed by atoms with E-state index >= 15 is 0 Å². The molecular weight excluding hydrogens is 359 g/mol. The molecule has 0 bridgehead atoms. The second-order valence-electron chi connectivity index (χ2n) is 7.09. The highest BCUT2D eigenvalue weighted by Crippen LogP contribution is 2.21. The van der Waals surface area contributed by atoms with E-state index in [1.165, 1.54) is 12.1 Å². The lowest BCUT2D eigenvalue weighted by molar-refractivity contribution is 0.0933. The monoisotopic (exact) mass is 388 g/mol. The third-order valence-electron chi connectivity index (χ3n) is 5.33. The minimum Gasteiger partial charge on any atom is -0.349 e. The average Bonchev–Trinajstić information content (AvgIpc) is 3.20. The van der Waals surface area contributed by atoms with Crippen LogP contribution in [0.3, 0.4) is 0 Å². The summed E-state index contributed by atoms with van der Waals surface area (Å²) in [5.41, 5.74) is 1.24. The highest BCUT2D eigenvalue weighted by molar-refractivity contribution is 5.91. The summed E-state index contributed by atoms with van der Waals surface area (Å²) in [4.78, 5) is 17.2. The summed E-state index contributed by atoms with van der Waals surface area (Å²) in [6.07, 6.45) is 2.42. The van der Waals surface area contributed by atoms with Crippen molar-refractivity contribution in [3.63, 3.8) is 0 Å². The van der Waals surface area contributed by atoms with Gasteiger partial charge in [0.05, 0.1) is 12.2 Å². The Morgan fingerprint density at radius 2 is 1.82 bits per heavy atom. The fraction of sp³-hybridized carbons (Fsp3) is 0.550. The van der Waals surface area contributed by atoms with Gasteiger partial charge in [-0.2, -0.15) is 0 Å². The van der Waals surface area contributed by atoms with Crippen LogP contribution in [0.4, 0.5) is 4.39 Å². The molecule has 1 fully saturated rings. The molecule has 1 amide bonds. The normalized spacial score (nSPS) is 16.8. The van der Waals surface area contributed by atoms with Crippen LogP contribution in [0.5, 0.6) is 0 Å². The van der Waals surface area contributed by atoms with E-state index in [0.29, 0.717) is 12.2 Å². The largest absolute Gasteiger partial charge is 0.349 e. The maximum Gasteiger partial charge on any atom is 0.273 e. The van der Waals surface area contributed by atoms with Gasteiger partial charge in [-0.05, 0) is 30.7 Å². The Morgan fingerprint density at radius 1 is 1.14 bits per heavy atom. The third kappa shape index (κ3) is 5.14. The Hall–Kier alpha value is -2.32. The van der Waals surface area contributed by atoms with Crippen molar-refractivity contribution >= 4 is 5.91 Å². The molecule has 1 aliphatic heterocycles. The predicted molar refractivity (Wildman–Crippen MR) is 106 cm³/mol. The molecule has 0 radical (unpaired) electrons. The Bertz CT molecular complexity index is 754.